The van der Waals surface area contributed by atoms with Crippen LogP contribution < -0.4 is 10.6 Å². The molecule has 2 aromatic carbocycles. The Kier molecular flexibility index (Phi) is 6.03. The molecule has 2 bridgehead atoms. The number of amides is 1. The molecule has 208 valence electrons. The van der Waals surface area contributed by atoms with E-state index in [1.54, 1.807) is 16.3 Å². The summed E-state index contributed by atoms with van der Waals surface area (Å²) in [5.41, 5.74) is 1.66. The van der Waals surface area contributed by atoms with Crippen LogP contribution in [0.25, 0.3) is 22.0 Å². The van der Waals surface area contributed by atoms with Gasteiger partial charge in [-0.25, -0.2) is 13.6 Å². The number of carbonyl (C=O) groups is 1. The van der Waals surface area contributed by atoms with Gasteiger partial charge in [-0.3, -0.25) is 9.36 Å². The Hall–Kier alpha value is -2.95. The minimum atomic E-state index is -0.822. The molecule has 3 saturated heterocycles. The lowest BCUT2D eigenvalue weighted by Gasteiger charge is -2.42. The van der Waals surface area contributed by atoms with Crippen molar-refractivity contribution in [2.75, 3.05) is 37.0 Å². The molecule has 0 saturated carbocycles. The van der Waals surface area contributed by atoms with Crippen LogP contribution in [0.2, 0.25) is 5.02 Å². The van der Waals surface area contributed by atoms with E-state index in [4.69, 9.17) is 16.3 Å². The molecule has 2 atom stereocenters. The summed E-state index contributed by atoms with van der Waals surface area (Å²) in [5.74, 6) is -0.349. The van der Waals surface area contributed by atoms with Gasteiger partial charge in [0.25, 0.3) is 0 Å². The van der Waals surface area contributed by atoms with E-state index < -0.39 is 11.6 Å². The second-order valence-corrected chi connectivity index (χ2v) is 12.8. The Balaban J connectivity index is 1.45. The van der Waals surface area contributed by atoms with Crippen molar-refractivity contribution in [3.8, 4) is 11.1 Å². The molecule has 1 spiro atoms. The van der Waals surface area contributed by atoms with Gasteiger partial charge in [0.1, 0.15) is 17.5 Å². The zero-order valence-corrected chi connectivity index (χ0v) is 23.5. The summed E-state index contributed by atoms with van der Waals surface area (Å²) in [6, 6.07) is 4.10. The molecular weight excluding hydrogens is 558 g/mol. The number of halogens is 3. The van der Waals surface area contributed by atoms with Crippen molar-refractivity contribution < 1.29 is 18.3 Å². The smallest absolute Gasteiger partial charge is 0.350 e. The van der Waals surface area contributed by atoms with E-state index >= 15 is 4.39 Å². The van der Waals surface area contributed by atoms with Crippen LogP contribution in [0.1, 0.15) is 18.4 Å². The number of aromatic nitrogens is 2. The Labute approximate surface area is 238 Å². The number of hydrogen-bond acceptors (Lipinski definition) is 6. The van der Waals surface area contributed by atoms with Crippen LogP contribution in [-0.2, 0) is 16.1 Å². The maximum atomic E-state index is 15.3. The Morgan fingerprint density at radius 1 is 1.20 bits per heavy atom. The van der Waals surface area contributed by atoms with E-state index in [-0.39, 0.29) is 39.7 Å². The van der Waals surface area contributed by atoms with Crippen molar-refractivity contribution in [1.29, 1.82) is 0 Å². The number of benzene rings is 2. The normalized spacial score (nSPS) is 22.9. The van der Waals surface area contributed by atoms with Gasteiger partial charge in [0.15, 0.2) is 0 Å². The molecule has 40 heavy (non-hydrogen) atoms. The molecule has 1 aromatic heterocycles. The highest BCUT2D eigenvalue weighted by Crippen LogP contribution is 2.49. The molecule has 7 rings (SSSR count). The van der Waals surface area contributed by atoms with Crippen molar-refractivity contribution in [2.45, 2.75) is 43.3 Å². The first-order chi connectivity index (χ1) is 19.2. The Morgan fingerprint density at radius 2 is 1.93 bits per heavy atom. The molecule has 4 aliphatic heterocycles. The predicted molar refractivity (Wildman–Crippen MR) is 151 cm³/mol. The zero-order valence-electron chi connectivity index (χ0n) is 21.9. The first kappa shape index (κ1) is 26.0. The fourth-order valence-corrected chi connectivity index (χ4v) is 8.46. The second kappa shape index (κ2) is 9.29. The monoisotopic (exact) mass is 584 g/mol. The van der Waals surface area contributed by atoms with Crippen LogP contribution >= 0.6 is 23.4 Å². The van der Waals surface area contributed by atoms with Crippen LogP contribution in [0.15, 0.2) is 40.5 Å². The molecule has 2 unspecified atom stereocenters. The fourth-order valence-electron chi connectivity index (χ4n) is 6.81. The summed E-state index contributed by atoms with van der Waals surface area (Å²) in [6.07, 6.45) is 3.13. The molecule has 1 amide bonds. The summed E-state index contributed by atoms with van der Waals surface area (Å²) >= 11 is 7.69. The van der Waals surface area contributed by atoms with Crippen LogP contribution in [0.3, 0.4) is 0 Å². The Bertz CT molecular complexity index is 1660. The Morgan fingerprint density at radius 3 is 2.58 bits per heavy atom. The SMILES string of the molecule is C=CC(=O)N1C2CCC1CN(c1nc(=O)n3c4c(c(-c5cc(Cl)c(F)cc5F)c(C)cc14)SCC1(COC1)C3)C2. The van der Waals surface area contributed by atoms with Crippen LogP contribution in [0, 0.1) is 24.0 Å². The third kappa shape index (κ3) is 3.83. The topological polar surface area (TPSA) is 67.7 Å². The lowest BCUT2D eigenvalue weighted by molar-refractivity contribution is -0.129. The highest BCUT2D eigenvalue weighted by Gasteiger charge is 2.45. The third-order valence-electron chi connectivity index (χ3n) is 8.72. The summed E-state index contributed by atoms with van der Waals surface area (Å²) in [4.78, 5) is 35.7. The lowest BCUT2D eigenvalue weighted by atomic mass is 9.88. The number of anilines is 1. The number of piperazine rings is 1. The molecule has 3 fully saturated rings. The van der Waals surface area contributed by atoms with Gasteiger partial charge in [0.2, 0.25) is 5.91 Å². The van der Waals surface area contributed by atoms with E-state index in [1.807, 2.05) is 17.9 Å². The lowest BCUT2D eigenvalue weighted by Crippen LogP contribution is -2.56. The number of fused-ring (bicyclic) bond motifs is 2. The van der Waals surface area contributed by atoms with Crippen molar-refractivity contribution in [3.63, 3.8) is 0 Å². The number of rotatable bonds is 3. The molecule has 5 heterocycles. The van der Waals surface area contributed by atoms with Crippen LogP contribution in [-0.4, -0.2) is 64.5 Å². The highest BCUT2D eigenvalue weighted by atomic mass is 35.5. The number of aryl methyl sites for hydroxylation is 1. The first-order valence-electron chi connectivity index (χ1n) is 13.3. The molecule has 7 nitrogen and oxygen atoms in total. The molecule has 4 aliphatic rings. The maximum Gasteiger partial charge on any atom is 0.350 e. The number of thioether (sulfide) groups is 1. The summed E-state index contributed by atoms with van der Waals surface area (Å²) in [7, 11) is 0. The van der Waals surface area contributed by atoms with Gasteiger partial charge >= 0.3 is 5.69 Å². The molecule has 3 aromatic rings. The average Bonchev–Trinajstić information content (AvgIpc) is 3.06. The quantitative estimate of drug-likeness (QED) is 0.326. The fraction of sp³-hybridized carbons (Fsp3) is 0.414. The summed E-state index contributed by atoms with van der Waals surface area (Å²) in [5, 5.41) is 0.637. The van der Waals surface area contributed by atoms with E-state index in [9.17, 15) is 14.0 Å². The molecule has 0 radical (unpaired) electrons. The van der Waals surface area contributed by atoms with Gasteiger partial charge in [-0.15, -0.1) is 11.8 Å². The van der Waals surface area contributed by atoms with E-state index in [2.05, 4.69) is 16.5 Å². The number of hydrogen-bond donors (Lipinski definition) is 0. The second-order valence-electron chi connectivity index (χ2n) is 11.4. The maximum absolute atomic E-state index is 15.3. The van der Waals surface area contributed by atoms with Gasteiger partial charge in [-0.2, -0.15) is 4.98 Å². The number of nitrogens with zero attached hydrogens (tertiary/aromatic N) is 4. The highest BCUT2D eigenvalue weighted by molar-refractivity contribution is 7.99. The van der Waals surface area contributed by atoms with Gasteiger partial charge in [0, 0.05) is 70.4 Å². The summed E-state index contributed by atoms with van der Waals surface area (Å²) in [6.45, 7) is 8.16. The zero-order chi connectivity index (χ0) is 27.9. The van der Waals surface area contributed by atoms with Crippen molar-refractivity contribution >= 4 is 46.0 Å². The molecule has 0 aliphatic carbocycles. The molecular formula is C29H27ClF2N4O3S. The van der Waals surface area contributed by atoms with E-state index in [0.29, 0.717) is 55.5 Å². The van der Waals surface area contributed by atoms with E-state index in [1.165, 1.54) is 12.1 Å². The minimum Gasteiger partial charge on any atom is -0.380 e. The van der Waals surface area contributed by atoms with Crippen molar-refractivity contribution in [2.24, 2.45) is 5.41 Å². The minimum absolute atomic E-state index is 0.0132. The molecule has 11 heteroatoms. The number of carbonyl (C=O) groups excluding carboxylic acids is 1. The van der Waals surface area contributed by atoms with Gasteiger partial charge < -0.3 is 14.5 Å². The summed E-state index contributed by atoms with van der Waals surface area (Å²) < 4.78 is 36.7. The van der Waals surface area contributed by atoms with Gasteiger partial charge in [-0.1, -0.05) is 18.2 Å². The van der Waals surface area contributed by atoms with Gasteiger partial charge in [-0.05, 0) is 43.5 Å². The van der Waals surface area contributed by atoms with Crippen molar-refractivity contribution in [1.82, 2.24) is 14.5 Å². The third-order valence-corrected chi connectivity index (χ3v) is 10.5. The van der Waals surface area contributed by atoms with Crippen LogP contribution in [0.5, 0.6) is 0 Å². The predicted octanol–water partition coefficient (Wildman–Crippen LogP) is 4.79. The first-order valence-corrected chi connectivity index (χ1v) is 14.7. The average molecular weight is 585 g/mol. The van der Waals surface area contributed by atoms with Crippen molar-refractivity contribution in [3.05, 3.63) is 63.6 Å². The van der Waals surface area contributed by atoms with E-state index in [0.717, 1.165) is 34.8 Å². The molecule has 0 N–H and O–H groups in total. The van der Waals surface area contributed by atoms with Gasteiger partial charge in [0.05, 0.1) is 23.8 Å². The standard InChI is InChI=1S/C29H27ClF2N4O3S/c1-3-23(37)36-16-4-5-17(36)10-34(9-16)27-19-6-15(2)24(18-7-20(30)22(32)8-21(18)31)26-25(19)35(28(38)33-27)11-29(14-40-26)12-39-13-29/h3,6-8,16-17H,1,4-5,9-14H2,2H3. The number of ether oxygens (including phenoxy) is 1. The largest absolute Gasteiger partial charge is 0.380 e. The van der Waals surface area contributed by atoms with Crippen LogP contribution in [0.4, 0.5) is 14.6 Å².